The number of nitrogens with one attached hydrogen (secondary N) is 1. The van der Waals surface area contributed by atoms with E-state index in [0.29, 0.717) is 0 Å². The zero-order valence-electron chi connectivity index (χ0n) is 13.8. The van der Waals surface area contributed by atoms with Crippen LogP contribution in [-0.4, -0.2) is 24.9 Å². The lowest BCUT2D eigenvalue weighted by molar-refractivity contribution is -0.137. The number of halogens is 4. The summed E-state index contributed by atoms with van der Waals surface area (Å²) >= 11 is 0. The van der Waals surface area contributed by atoms with Gasteiger partial charge in [0, 0.05) is 31.3 Å². The molecule has 26 heavy (non-hydrogen) atoms. The van der Waals surface area contributed by atoms with Crippen LogP contribution in [0.5, 0.6) is 0 Å². The van der Waals surface area contributed by atoms with Crippen molar-refractivity contribution < 1.29 is 27.2 Å². The van der Waals surface area contributed by atoms with Crippen molar-refractivity contribution in [3.8, 4) is 0 Å². The van der Waals surface area contributed by atoms with Crippen LogP contribution in [0.15, 0.2) is 48.5 Å². The molecule has 0 saturated carbocycles. The standard InChI is InChI=1S/C18H16F4N2O2/c1-12(25)24(16-7-5-14(6-8-16)18(20,21)22)10-9-23-17(26)13-3-2-4-15(19)11-13/h2-8,11H,9-10H2,1H3,(H,23,26). The lowest BCUT2D eigenvalue weighted by atomic mass is 10.2. The largest absolute Gasteiger partial charge is 0.416 e. The van der Waals surface area contributed by atoms with Crippen molar-refractivity contribution in [3.05, 3.63) is 65.5 Å². The summed E-state index contributed by atoms with van der Waals surface area (Å²) in [5.74, 6) is -1.45. The first-order valence-corrected chi connectivity index (χ1v) is 7.67. The number of alkyl halides is 3. The number of carbonyl (C=O) groups excluding carboxylic acids is 2. The average molecular weight is 368 g/mol. The first-order valence-electron chi connectivity index (χ1n) is 7.67. The van der Waals surface area contributed by atoms with E-state index in [9.17, 15) is 27.2 Å². The Kier molecular flexibility index (Phi) is 5.97. The van der Waals surface area contributed by atoms with Gasteiger partial charge in [-0.15, -0.1) is 0 Å². The zero-order valence-corrected chi connectivity index (χ0v) is 13.8. The van der Waals surface area contributed by atoms with Gasteiger partial charge in [0.05, 0.1) is 5.56 Å². The highest BCUT2D eigenvalue weighted by Gasteiger charge is 2.30. The summed E-state index contributed by atoms with van der Waals surface area (Å²) in [7, 11) is 0. The quantitative estimate of drug-likeness (QED) is 0.820. The third-order valence-electron chi connectivity index (χ3n) is 3.59. The maximum absolute atomic E-state index is 13.1. The van der Waals surface area contributed by atoms with Crippen LogP contribution in [0.1, 0.15) is 22.8 Å². The molecule has 4 nitrogen and oxygen atoms in total. The number of carbonyl (C=O) groups is 2. The van der Waals surface area contributed by atoms with Crippen molar-refractivity contribution in [2.45, 2.75) is 13.1 Å². The minimum absolute atomic E-state index is 0.0515. The summed E-state index contributed by atoms with van der Waals surface area (Å²) < 4.78 is 50.9. The number of hydrogen-bond acceptors (Lipinski definition) is 2. The third kappa shape index (κ3) is 5.05. The van der Waals surface area contributed by atoms with Crippen molar-refractivity contribution in [2.24, 2.45) is 0 Å². The molecule has 0 atom stereocenters. The Morgan fingerprint density at radius 3 is 2.27 bits per heavy atom. The van der Waals surface area contributed by atoms with E-state index in [1.165, 1.54) is 42.2 Å². The maximum atomic E-state index is 13.1. The van der Waals surface area contributed by atoms with Crippen LogP contribution >= 0.6 is 0 Å². The van der Waals surface area contributed by atoms with E-state index in [1.807, 2.05) is 0 Å². The molecule has 138 valence electrons. The number of amides is 2. The molecule has 1 N–H and O–H groups in total. The van der Waals surface area contributed by atoms with Gasteiger partial charge in [0.1, 0.15) is 5.82 Å². The molecule has 2 aromatic rings. The molecule has 2 rings (SSSR count). The Balaban J connectivity index is 2.00. The lowest BCUT2D eigenvalue weighted by Crippen LogP contribution is -2.37. The fraction of sp³-hybridized carbons (Fsp3) is 0.222. The average Bonchev–Trinajstić information content (AvgIpc) is 2.57. The minimum atomic E-state index is -4.46. The third-order valence-corrected chi connectivity index (χ3v) is 3.59. The second-order valence-corrected chi connectivity index (χ2v) is 5.48. The molecule has 0 aliphatic rings. The molecular weight excluding hydrogens is 352 g/mol. The van der Waals surface area contributed by atoms with E-state index in [0.717, 1.165) is 18.2 Å². The molecule has 8 heteroatoms. The highest BCUT2D eigenvalue weighted by Crippen LogP contribution is 2.30. The Morgan fingerprint density at radius 2 is 1.73 bits per heavy atom. The smallest absolute Gasteiger partial charge is 0.350 e. The normalized spacial score (nSPS) is 11.1. The predicted molar refractivity (Wildman–Crippen MR) is 88.2 cm³/mol. The van der Waals surface area contributed by atoms with Gasteiger partial charge in [-0.1, -0.05) is 6.07 Å². The molecule has 2 aromatic carbocycles. The van der Waals surface area contributed by atoms with Gasteiger partial charge in [-0.2, -0.15) is 13.2 Å². The van der Waals surface area contributed by atoms with Crippen LogP contribution in [0.2, 0.25) is 0 Å². The molecule has 0 radical (unpaired) electrons. The van der Waals surface area contributed by atoms with Gasteiger partial charge in [0.25, 0.3) is 5.91 Å². The van der Waals surface area contributed by atoms with Gasteiger partial charge in [-0.25, -0.2) is 4.39 Å². The van der Waals surface area contributed by atoms with E-state index in [2.05, 4.69) is 5.32 Å². The van der Waals surface area contributed by atoms with Crippen LogP contribution in [0.4, 0.5) is 23.2 Å². The van der Waals surface area contributed by atoms with E-state index >= 15 is 0 Å². The van der Waals surface area contributed by atoms with Crippen LogP contribution < -0.4 is 10.2 Å². The topological polar surface area (TPSA) is 49.4 Å². The van der Waals surface area contributed by atoms with E-state index < -0.39 is 23.5 Å². The Bertz CT molecular complexity index is 789. The summed E-state index contributed by atoms with van der Waals surface area (Å²) in [5, 5.41) is 2.54. The molecule has 0 aliphatic heterocycles. The minimum Gasteiger partial charge on any atom is -0.350 e. The Morgan fingerprint density at radius 1 is 1.08 bits per heavy atom. The summed E-state index contributed by atoms with van der Waals surface area (Å²) in [5.41, 5.74) is -0.399. The molecule has 0 aromatic heterocycles. The number of nitrogens with zero attached hydrogens (tertiary/aromatic N) is 1. The summed E-state index contributed by atoms with van der Waals surface area (Å²) in [6.07, 6.45) is -4.46. The number of benzene rings is 2. The SMILES string of the molecule is CC(=O)N(CCNC(=O)c1cccc(F)c1)c1ccc(C(F)(F)F)cc1. The van der Waals surface area contributed by atoms with Gasteiger partial charge in [0.15, 0.2) is 0 Å². The lowest BCUT2D eigenvalue weighted by Gasteiger charge is -2.22. The monoisotopic (exact) mass is 368 g/mol. The Hall–Kier alpha value is -2.90. The molecule has 0 aliphatic carbocycles. The molecule has 2 amide bonds. The fourth-order valence-corrected chi connectivity index (χ4v) is 2.31. The van der Waals surface area contributed by atoms with Gasteiger partial charge in [-0.3, -0.25) is 9.59 Å². The number of rotatable bonds is 5. The predicted octanol–water partition coefficient (Wildman–Crippen LogP) is 3.63. The first kappa shape index (κ1) is 19.4. The second-order valence-electron chi connectivity index (χ2n) is 5.48. The van der Waals surface area contributed by atoms with Crippen LogP contribution in [0.3, 0.4) is 0 Å². The Labute approximate surface area is 147 Å². The highest BCUT2D eigenvalue weighted by molar-refractivity contribution is 5.94. The van der Waals surface area contributed by atoms with Crippen molar-refractivity contribution in [1.82, 2.24) is 5.32 Å². The molecule has 0 unspecified atom stereocenters. The first-order chi connectivity index (χ1) is 12.2. The number of hydrogen-bond donors (Lipinski definition) is 1. The van der Waals surface area contributed by atoms with Crippen LogP contribution in [0, 0.1) is 5.82 Å². The second kappa shape index (κ2) is 7.99. The van der Waals surface area contributed by atoms with Gasteiger partial charge >= 0.3 is 6.18 Å². The molecular formula is C18H16F4N2O2. The van der Waals surface area contributed by atoms with Crippen molar-refractivity contribution in [2.75, 3.05) is 18.0 Å². The number of anilines is 1. The van der Waals surface area contributed by atoms with Gasteiger partial charge in [0.2, 0.25) is 5.91 Å². The van der Waals surface area contributed by atoms with Crippen LogP contribution in [0.25, 0.3) is 0 Å². The summed E-state index contributed by atoms with van der Waals surface area (Å²) in [4.78, 5) is 24.9. The molecule has 0 fully saturated rings. The maximum Gasteiger partial charge on any atom is 0.416 e. The van der Waals surface area contributed by atoms with Crippen molar-refractivity contribution in [1.29, 1.82) is 0 Å². The van der Waals surface area contributed by atoms with Crippen LogP contribution in [-0.2, 0) is 11.0 Å². The van der Waals surface area contributed by atoms with E-state index in [-0.39, 0.29) is 30.2 Å². The molecule has 0 bridgehead atoms. The van der Waals surface area contributed by atoms with Gasteiger partial charge < -0.3 is 10.2 Å². The van der Waals surface area contributed by atoms with Crippen molar-refractivity contribution >= 4 is 17.5 Å². The summed E-state index contributed by atoms with van der Waals surface area (Å²) in [6, 6.07) is 9.28. The molecule has 0 saturated heterocycles. The van der Waals surface area contributed by atoms with E-state index in [4.69, 9.17) is 0 Å². The fourth-order valence-electron chi connectivity index (χ4n) is 2.31. The van der Waals surface area contributed by atoms with Gasteiger partial charge in [-0.05, 0) is 42.5 Å². The highest BCUT2D eigenvalue weighted by atomic mass is 19.4. The molecule has 0 spiro atoms. The molecule has 0 heterocycles. The zero-order chi connectivity index (χ0) is 19.3. The summed E-state index contributed by atoms with van der Waals surface area (Å²) in [6.45, 7) is 1.38. The van der Waals surface area contributed by atoms with Crippen molar-refractivity contribution in [3.63, 3.8) is 0 Å². The van der Waals surface area contributed by atoms with E-state index in [1.54, 1.807) is 0 Å².